The lowest BCUT2D eigenvalue weighted by Crippen LogP contribution is -2.01. The SMILES string of the molecule is COC1=CCC(c2c3ccccc3cc3ccccc23)C=C1. The van der Waals surface area contributed by atoms with Crippen molar-refractivity contribution in [3.63, 3.8) is 0 Å². The third-order valence-corrected chi connectivity index (χ3v) is 4.49. The van der Waals surface area contributed by atoms with E-state index < -0.39 is 0 Å². The summed E-state index contributed by atoms with van der Waals surface area (Å²) >= 11 is 0. The Hall–Kier alpha value is -2.54. The zero-order valence-electron chi connectivity index (χ0n) is 12.6. The molecular weight excluding hydrogens is 268 g/mol. The summed E-state index contributed by atoms with van der Waals surface area (Å²) in [5.74, 6) is 1.36. The molecule has 0 fully saturated rings. The molecule has 0 aliphatic heterocycles. The van der Waals surface area contributed by atoms with Crippen LogP contribution in [0.4, 0.5) is 0 Å². The van der Waals surface area contributed by atoms with Gasteiger partial charge in [-0.15, -0.1) is 0 Å². The van der Waals surface area contributed by atoms with Crippen LogP contribution in [0.2, 0.25) is 0 Å². The Balaban J connectivity index is 1.98. The van der Waals surface area contributed by atoms with Gasteiger partial charge in [0.25, 0.3) is 0 Å². The van der Waals surface area contributed by atoms with Gasteiger partial charge in [-0.1, -0.05) is 54.6 Å². The van der Waals surface area contributed by atoms with Crippen LogP contribution in [0, 0.1) is 0 Å². The molecule has 0 heterocycles. The maximum Gasteiger partial charge on any atom is 0.114 e. The van der Waals surface area contributed by atoms with Gasteiger partial charge >= 0.3 is 0 Å². The molecule has 1 unspecified atom stereocenters. The Bertz CT molecular complexity index is 848. The van der Waals surface area contributed by atoms with Gasteiger partial charge in [0, 0.05) is 5.92 Å². The van der Waals surface area contributed by atoms with Crippen LogP contribution >= 0.6 is 0 Å². The number of hydrogen-bond acceptors (Lipinski definition) is 1. The third-order valence-electron chi connectivity index (χ3n) is 4.49. The van der Waals surface area contributed by atoms with E-state index in [1.54, 1.807) is 7.11 Å². The van der Waals surface area contributed by atoms with Crippen molar-refractivity contribution in [1.29, 1.82) is 0 Å². The number of fused-ring (bicyclic) bond motifs is 2. The van der Waals surface area contributed by atoms with E-state index in [-0.39, 0.29) is 0 Å². The fourth-order valence-electron chi connectivity index (χ4n) is 3.41. The molecule has 0 radical (unpaired) electrons. The van der Waals surface area contributed by atoms with Crippen LogP contribution < -0.4 is 0 Å². The lowest BCUT2D eigenvalue weighted by molar-refractivity contribution is 0.303. The molecule has 1 atom stereocenters. The Morgan fingerprint density at radius 2 is 1.55 bits per heavy atom. The molecule has 3 aromatic rings. The van der Waals surface area contributed by atoms with Crippen molar-refractivity contribution >= 4 is 21.5 Å². The number of methoxy groups -OCH3 is 1. The highest BCUT2D eigenvalue weighted by molar-refractivity contribution is 6.03. The van der Waals surface area contributed by atoms with E-state index in [9.17, 15) is 0 Å². The predicted octanol–water partition coefficient (Wildman–Crippen LogP) is 5.57. The van der Waals surface area contributed by atoms with Crippen molar-refractivity contribution in [3.8, 4) is 0 Å². The maximum atomic E-state index is 5.32. The van der Waals surface area contributed by atoms with Gasteiger partial charge in [0.15, 0.2) is 0 Å². The molecule has 3 aromatic carbocycles. The molecule has 4 rings (SSSR count). The number of rotatable bonds is 2. The molecule has 0 N–H and O–H groups in total. The molecule has 1 aliphatic carbocycles. The Kier molecular flexibility index (Phi) is 3.19. The van der Waals surface area contributed by atoms with Crippen molar-refractivity contribution in [2.24, 2.45) is 0 Å². The van der Waals surface area contributed by atoms with Gasteiger partial charge in [0.1, 0.15) is 5.76 Å². The number of allylic oxidation sites excluding steroid dienone is 3. The Morgan fingerprint density at radius 3 is 2.09 bits per heavy atom. The van der Waals surface area contributed by atoms with Gasteiger partial charge in [-0.2, -0.15) is 0 Å². The van der Waals surface area contributed by atoms with Crippen LogP contribution in [0.15, 0.2) is 78.6 Å². The average molecular weight is 286 g/mol. The molecule has 0 bridgehead atoms. The third kappa shape index (κ3) is 2.10. The van der Waals surface area contributed by atoms with Gasteiger partial charge < -0.3 is 4.74 Å². The van der Waals surface area contributed by atoms with Crippen LogP contribution in [-0.2, 0) is 4.74 Å². The average Bonchev–Trinajstić information content (AvgIpc) is 2.60. The second-order valence-electron chi connectivity index (χ2n) is 5.74. The minimum absolute atomic E-state index is 0.398. The predicted molar refractivity (Wildman–Crippen MR) is 93.0 cm³/mol. The van der Waals surface area contributed by atoms with Crippen molar-refractivity contribution in [2.45, 2.75) is 12.3 Å². The monoisotopic (exact) mass is 286 g/mol. The summed E-state index contributed by atoms with van der Waals surface area (Å²) in [6, 6.07) is 19.6. The summed E-state index contributed by atoms with van der Waals surface area (Å²) in [6.45, 7) is 0. The second kappa shape index (κ2) is 5.34. The molecule has 0 aromatic heterocycles. The standard InChI is InChI=1S/C21H18O/c1-22-18-12-10-15(11-13-18)21-19-8-4-2-6-16(19)14-17-7-3-5-9-20(17)21/h2-10,12-15H,11H2,1H3. The highest BCUT2D eigenvalue weighted by Crippen LogP contribution is 2.37. The van der Waals surface area contributed by atoms with E-state index >= 15 is 0 Å². The smallest absolute Gasteiger partial charge is 0.114 e. The van der Waals surface area contributed by atoms with Gasteiger partial charge in [0.2, 0.25) is 0 Å². The molecule has 108 valence electrons. The molecule has 1 aliphatic rings. The zero-order chi connectivity index (χ0) is 14.9. The molecule has 22 heavy (non-hydrogen) atoms. The highest BCUT2D eigenvalue weighted by Gasteiger charge is 2.17. The van der Waals surface area contributed by atoms with Gasteiger partial charge in [0.05, 0.1) is 7.11 Å². The first-order valence-corrected chi connectivity index (χ1v) is 7.69. The van der Waals surface area contributed by atoms with E-state index in [0.29, 0.717) is 5.92 Å². The van der Waals surface area contributed by atoms with Crippen LogP contribution in [0.25, 0.3) is 21.5 Å². The highest BCUT2D eigenvalue weighted by atomic mass is 16.5. The van der Waals surface area contributed by atoms with E-state index in [0.717, 1.165) is 12.2 Å². The zero-order valence-corrected chi connectivity index (χ0v) is 12.6. The minimum Gasteiger partial charge on any atom is -0.497 e. The molecule has 0 saturated heterocycles. The van der Waals surface area contributed by atoms with Gasteiger partial charge in [-0.3, -0.25) is 0 Å². The van der Waals surface area contributed by atoms with Crippen LogP contribution in [0.1, 0.15) is 17.9 Å². The fourth-order valence-corrected chi connectivity index (χ4v) is 3.41. The van der Waals surface area contributed by atoms with Crippen molar-refractivity contribution in [2.75, 3.05) is 7.11 Å². The topological polar surface area (TPSA) is 9.23 Å². The van der Waals surface area contributed by atoms with Crippen molar-refractivity contribution in [3.05, 3.63) is 84.1 Å². The summed E-state index contributed by atoms with van der Waals surface area (Å²) < 4.78 is 5.32. The molecule has 0 saturated carbocycles. The van der Waals surface area contributed by atoms with E-state index in [4.69, 9.17) is 4.74 Å². The largest absolute Gasteiger partial charge is 0.497 e. The minimum atomic E-state index is 0.398. The van der Waals surface area contributed by atoms with Crippen LogP contribution in [-0.4, -0.2) is 7.11 Å². The maximum absolute atomic E-state index is 5.32. The number of ether oxygens (including phenoxy) is 1. The molecule has 0 amide bonds. The Morgan fingerprint density at radius 1 is 0.909 bits per heavy atom. The molecular formula is C21H18O. The van der Waals surface area contributed by atoms with Crippen LogP contribution in [0.3, 0.4) is 0 Å². The lowest BCUT2D eigenvalue weighted by atomic mass is 9.85. The number of hydrogen-bond donors (Lipinski definition) is 0. The molecule has 0 spiro atoms. The van der Waals surface area contributed by atoms with E-state index in [2.05, 4.69) is 72.8 Å². The van der Waals surface area contributed by atoms with Crippen molar-refractivity contribution in [1.82, 2.24) is 0 Å². The quantitative estimate of drug-likeness (QED) is 0.560. The van der Waals surface area contributed by atoms with Crippen molar-refractivity contribution < 1.29 is 4.74 Å². The first-order chi connectivity index (χ1) is 10.9. The normalized spacial score (nSPS) is 17.7. The summed E-state index contributed by atoms with van der Waals surface area (Å²) in [7, 11) is 1.73. The first kappa shape index (κ1) is 13.1. The van der Waals surface area contributed by atoms with Crippen LogP contribution in [0.5, 0.6) is 0 Å². The first-order valence-electron chi connectivity index (χ1n) is 7.69. The van der Waals surface area contributed by atoms with E-state index in [1.807, 2.05) is 0 Å². The van der Waals surface area contributed by atoms with E-state index in [1.165, 1.54) is 27.1 Å². The second-order valence-corrected chi connectivity index (χ2v) is 5.74. The number of benzene rings is 3. The van der Waals surface area contributed by atoms with Gasteiger partial charge in [-0.05, 0) is 51.7 Å². The lowest BCUT2D eigenvalue weighted by Gasteiger charge is -2.20. The summed E-state index contributed by atoms with van der Waals surface area (Å²) in [6.07, 6.45) is 7.52. The Labute approximate surface area is 130 Å². The molecule has 1 heteroatoms. The summed E-state index contributed by atoms with van der Waals surface area (Å²) in [5, 5.41) is 5.33. The summed E-state index contributed by atoms with van der Waals surface area (Å²) in [5.41, 5.74) is 1.43. The summed E-state index contributed by atoms with van der Waals surface area (Å²) in [4.78, 5) is 0. The van der Waals surface area contributed by atoms with Gasteiger partial charge in [-0.25, -0.2) is 0 Å². The molecule has 1 nitrogen and oxygen atoms in total. The fraction of sp³-hybridized carbons (Fsp3) is 0.143.